The molecule has 5 heteroatoms. The van der Waals surface area contributed by atoms with Crippen LogP contribution in [0.3, 0.4) is 0 Å². The van der Waals surface area contributed by atoms with Crippen LogP contribution in [-0.4, -0.2) is 7.05 Å². The molecule has 0 saturated carbocycles. The van der Waals surface area contributed by atoms with E-state index in [0.717, 1.165) is 6.07 Å². The lowest BCUT2D eigenvalue weighted by atomic mass is 10.0. The molecule has 0 atom stereocenters. The van der Waals surface area contributed by atoms with Gasteiger partial charge in [0, 0.05) is 18.2 Å². The zero-order valence-corrected chi connectivity index (χ0v) is 11.1. The third-order valence-electron chi connectivity index (χ3n) is 2.80. The molecule has 0 unspecified atom stereocenters. The zero-order chi connectivity index (χ0) is 14.2. The van der Waals surface area contributed by atoms with Crippen molar-refractivity contribution in [2.24, 2.45) is 0 Å². The first-order chi connectivity index (χ1) is 8.95. The number of anilines is 1. The van der Waals surface area contributed by atoms with E-state index in [1.54, 1.807) is 13.0 Å². The number of rotatable bonds is 2. The molecule has 0 heterocycles. The standard InChI is InChI=1S/C14H11ClF3N/c1-7-5-9(12(15)11(17)6-7)8-3-4-10(16)14(19-2)13(8)18/h3-6,19H,1-2H3. The van der Waals surface area contributed by atoms with Crippen LogP contribution in [-0.2, 0) is 0 Å². The molecule has 19 heavy (non-hydrogen) atoms. The lowest BCUT2D eigenvalue weighted by Gasteiger charge is -2.12. The number of hydrogen-bond acceptors (Lipinski definition) is 1. The predicted molar refractivity (Wildman–Crippen MR) is 71.0 cm³/mol. The Labute approximate surface area is 114 Å². The van der Waals surface area contributed by atoms with Crippen molar-refractivity contribution >= 4 is 17.3 Å². The normalized spacial score (nSPS) is 10.6. The molecule has 2 aromatic rings. The number of aryl methyl sites for hydroxylation is 1. The summed E-state index contributed by atoms with van der Waals surface area (Å²) in [4.78, 5) is 0. The highest BCUT2D eigenvalue weighted by atomic mass is 35.5. The molecule has 0 aliphatic heterocycles. The summed E-state index contributed by atoms with van der Waals surface area (Å²) in [6.45, 7) is 1.67. The molecule has 100 valence electrons. The van der Waals surface area contributed by atoms with Crippen LogP contribution in [0.2, 0.25) is 5.02 Å². The van der Waals surface area contributed by atoms with Crippen molar-refractivity contribution in [2.45, 2.75) is 6.92 Å². The van der Waals surface area contributed by atoms with E-state index < -0.39 is 17.5 Å². The van der Waals surface area contributed by atoms with Gasteiger partial charge in [0.15, 0.2) is 5.82 Å². The molecule has 0 amide bonds. The van der Waals surface area contributed by atoms with Gasteiger partial charge >= 0.3 is 0 Å². The molecule has 0 bridgehead atoms. The second kappa shape index (κ2) is 5.13. The molecule has 0 aromatic heterocycles. The van der Waals surface area contributed by atoms with E-state index in [0.29, 0.717) is 5.56 Å². The van der Waals surface area contributed by atoms with Gasteiger partial charge in [0.25, 0.3) is 0 Å². The quantitative estimate of drug-likeness (QED) is 0.838. The van der Waals surface area contributed by atoms with Crippen LogP contribution >= 0.6 is 11.6 Å². The van der Waals surface area contributed by atoms with Crippen molar-refractivity contribution < 1.29 is 13.2 Å². The van der Waals surface area contributed by atoms with Gasteiger partial charge in [-0.1, -0.05) is 11.6 Å². The lowest BCUT2D eigenvalue weighted by Crippen LogP contribution is -1.99. The average Bonchev–Trinajstić information content (AvgIpc) is 2.35. The Hall–Kier alpha value is -1.68. The lowest BCUT2D eigenvalue weighted by molar-refractivity contribution is 0.592. The maximum atomic E-state index is 14.2. The van der Waals surface area contributed by atoms with Gasteiger partial charge in [-0.15, -0.1) is 0 Å². The Balaban J connectivity index is 2.73. The van der Waals surface area contributed by atoms with Crippen molar-refractivity contribution in [1.82, 2.24) is 0 Å². The maximum Gasteiger partial charge on any atom is 0.157 e. The monoisotopic (exact) mass is 285 g/mol. The third kappa shape index (κ3) is 2.40. The van der Waals surface area contributed by atoms with E-state index in [9.17, 15) is 13.2 Å². The fraction of sp³-hybridized carbons (Fsp3) is 0.143. The summed E-state index contributed by atoms with van der Waals surface area (Å²) >= 11 is 5.85. The van der Waals surface area contributed by atoms with Gasteiger partial charge in [0.1, 0.15) is 17.3 Å². The van der Waals surface area contributed by atoms with Gasteiger partial charge in [-0.2, -0.15) is 0 Å². The van der Waals surface area contributed by atoms with Crippen LogP contribution in [0.1, 0.15) is 5.56 Å². The molecule has 0 aliphatic rings. The van der Waals surface area contributed by atoms with Gasteiger partial charge in [-0.25, -0.2) is 13.2 Å². The predicted octanol–water partition coefficient (Wildman–Crippen LogP) is 4.77. The molecule has 0 fully saturated rings. The number of nitrogens with one attached hydrogen (secondary N) is 1. The summed E-state index contributed by atoms with van der Waals surface area (Å²) in [5.41, 5.74) is 0.591. The van der Waals surface area contributed by atoms with Gasteiger partial charge < -0.3 is 5.32 Å². The summed E-state index contributed by atoms with van der Waals surface area (Å²) in [5.74, 6) is -2.14. The smallest absolute Gasteiger partial charge is 0.157 e. The van der Waals surface area contributed by atoms with Gasteiger partial charge in [0.05, 0.1) is 5.02 Å². The van der Waals surface area contributed by atoms with Crippen molar-refractivity contribution in [2.75, 3.05) is 12.4 Å². The Morgan fingerprint density at radius 1 is 1.00 bits per heavy atom. The van der Waals surface area contributed by atoms with Gasteiger partial charge in [-0.05, 0) is 36.8 Å². The largest absolute Gasteiger partial charge is 0.383 e. The maximum absolute atomic E-state index is 14.2. The molecule has 0 saturated heterocycles. The Morgan fingerprint density at radius 2 is 1.68 bits per heavy atom. The van der Waals surface area contributed by atoms with Crippen LogP contribution in [0.25, 0.3) is 11.1 Å². The summed E-state index contributed by atoms with van der Waals surface area (Å²) in [5, 5.41) is 2.25. The van der Waals surface area contributed by atoms with Crippen LogP contribution in [0, 0.1) is 24.4 Å². The molecule has 1 nitrogen and oxygen atoms in total. The minimum Gasteiger partial charge on any atom is -0.383 e. The zero-order valence-electron chi connectivity index (χ0n) is 10.3. The van der Waals surface area contributed by atoms with Crippen LogP contribution in [0.5, 0.6) is 0 Å². The topological polar surface area (TPSA) is 12.0 Å². The average molecular weight is 286 g/mol. The second-order valence-corrected chi connectivity index (χ2v) is 4.52. The molecule has 2 rings (SSSR count). The first-order valence-electron chi connectivity index (χ1n) is 5.57. The summed E-state index contributed by atoms with van der Waals surface area (Å²) in [6, 6.07) is 5.17. The van der Waals surface area contributed by atoms with E-state index in [1.165, 1.54) is 19.2 Å². The van der Waals surface area contributed by atoms with Gasteiger partial charge in [0.2, 0.25) is 0 Å². The van der Waals surface area contributed by atoms with Crippen LogP contribution in [0.4, 0.5) is 18.9 Å². The first-order valence-corrected chi connectivity index (χ1v) is 5.95. The third-order valence-corrected chi connectivity index (χ3v) is 3.19. The van der Waals surface area contributed by atoms with E-state index in [2.05, 4.69) is 5.32 Å². The van der Waals surface area contributed by atoms with Gasteiger partial charge in [-0.3, -0.25) is 0 Å². The molecular weight excluding hydrogens is 275 g/mol. The highest BCUT2D eigenvalue weighted by Crippen LogP contribution is 2.35. The summed E-state index contributed by atoms with van der Waals surface area (Å²) < 4.78 is 41.2. The number of halogens is 4. The minimum atomic E-state index is -0.797. The fourth-order valence-electron chi connectivity index (χ4n) is 1.91. The van der Waals surface area contributed by atoms with Crippen molar-refractivity contribution in [3.8, 4) is 11.1 Å². The number of hydrogen-bond donors (Lipinski definition) is 1. The van der Waals surface area contributed by atoms with E-state index in [1.807, 2.05) is 0 Å². The molecule has 0 spiro atoms. The van der Waals surface area contributed by atoms with Crippen LogP contribution in [0.15, 0.2) is 24.3 Å². The highest BCUT2D eigenvalue weighted by molar-refractivity contribution is 6.33. The van der Waals surface area contributed by atoms with Crippen LogP contribution < -0.4 is 5.32 Å². The van der Waals surface area contributed by atoms with Crippen molar-refractivity contribution in [3.63, 3.8) is 0 Å². The van der Waals surface area contributed by atoms with E-state index >= 15 is 0 Å². The number of benzene rings is 2. The molecule has 0 radical (unpaired) electrons. The van der Waals surface area contributed by atoms with E-state index in [4.69, 9.17) is 11.6 Å². The minimum absolute atomic E-state index is 0.0540. The Bertz CT molecular complexity index is 641. The van der Waals surface area contributed by atoms with Crippen molar-refractivity contribution in [3.05, 3.63) is 52.3 Å². The SMILES string of the molecule is CNc1c(F)ccc(-c2cc(C)cc(F)c2Cl)c1F. The molecule has 1 N–H and O–H groups in total. The van der Waals surface area contributed by atoms with E-state index in [-0.39, 0.29) is 21.8 Å². The highest BCUT2D eigenvalue weighted by Gasteiger charge is 2.17. The second-order valence-electron chi connectivity index (χ2n) is 4.14. The Morgan fingerprint density at radius 3 is 2.32 bits per heavy atom. The Kier molecular flexibility index (Phi) is 3.71. The molecule has 2 aromatic carbocycles. The fourth-order valence-corrected chi connectivity index (χ4v) is 2.12. The molecular formula is C14H11ClF3N. The summed E-state index contributed by atoms with van der Waals surface area (Å²) in [7, 11) is 1.41. The van der Waals surface area contributed by atoms with Crippen molar-refractivity contribution in [1.29, 1.82) is 0 Å². The molecule has 0 aliphatic carbocycles. The first kappa shape index (κ1) is 13.7. The summed E-state index contributed by atoms with van der Waals surface area (Å²) in [6.07, 6.45) is 0.